The van der Waals surface area contributed by atoms with E-state index >= 15 is 0 Å². The third-order valence-corrected chi connectivity index (χ3v) is 2.15. The van der Waals surface area contributed by atoms with Gasteiger partial charge in [0, 0.05) is 6.08 Å². The number of nitrogens with one attached hydrogen (secondary N) is 1. The number of nitrogens with zero attached hydrogens (tertiary/aromatic N) is 2. The molecule has 4 nitrogen and oxygen atoms in total. The summed E-state index contributed by atoms with van der Waals surface area (Å²) in [4.78, 5) is 4.16. The van der Waals surface area contributed by atoms with Crippen molar-refractivity contribution in [2.75, 3.05) is 7.05 Å². The van der Waals surface area contributed by atoms with Crippen LogP contribution in [0, 0.1) is 0 Å². The molecule has 62 valence electrons. The van der Waals surface area contributed by atoms with Crippen molar-refractivity contribution in [2.24, 2.45) is 10.8 Å². The van der Waals surface area contributed by atoms with Crippen LogP contribution in [0.3, 0.4) is 0 Å². The minimum Gasteiger partial charge on any atom is -0.280 e. The van der Waals surface area contributed by atoms with E-state index in [9.17, 15) is 0 Å². The van der Waals surface area contributed by atoms with Crippen LogP contribution in [0.2, 0.25) is 0 Å². The van der Waals surface area contributed by atoms with Crippen molar-refractivity contribution in [3.8, 4) is 0 Å². The summed E-state index contributed by atoms with van der Waals surface area (Å²) >= 11 is 7.86. The summed E-state index contributed by atoms with van der Waals surface area (Å²) < 4.78 is 0.841. The third kappa shape index (κ3) is 2.05. The predicted molar refractivity (Wildman–Crippen MR) is 54.3 cm³/mol. The minimum atomic E-state index is -0.251. The standard InChI is InChI=1S/C5H8ClIN4/c1-9-5-10-4(7)2-3(6)11(5)8/h2,5,9H,8H2,1H3. The molecule has 1 atom stereocenters. The zero-order valence-electron chi connectivity index (χ0n) is 5.88. The lowest BCUT2D eigenvalue weighted by Crippen LogP contribution is -2.47. The second-order valence-corrected chi connectivity index (χ2v) is 3.48. The van der Waals surface area contributed by atoms with E-state index in [0.29, 0.717) is 5.16 Å². The van der Waals surface area contributed by atoms with Crippen molar-refractivity contribution in [1.29, 1.82) is 0 Å². The molecule has 0 saturated carbocycles. The fraction of sp³-hybridized carbons (Fsp3) is 0.400. The lowest BCUT2D eigenvalue weighted by Gasteiger charge is -2.27. The topological polar surface area (TPSA) is 53.7 Å². The SMILES string of the molecule is CNC1N=C(I)C=C(Cl)N1N. The Balaban J connectivity index is 2.81. The van der Waals surface area contributed by atoms with Crippen LogP contribution in [0.25, 0.3) is 0 Å². The highest BCUT2D eigenvalue weighted by atomic mass is 127. The molecule has 1 rings (SSSR count). The van der Waals surface area contributed by atoms with Gasteiger partial charge in [-0.3, -0.25) is 10.3 Å². The fourth-order valence-electron chi connectivity index (χ4n) is 0.710. The molecular formula is C5H8ClIN4. The van der Waals surface area contributed by atoms with Crippen LogP contribution >= 0.6 is 34.2 Å². The first kappa shape index (κ1) is 9.24. The summed E-state index contributed by atoms with van der Waals surface area (Å²) in [5, 5.41) is 4.75. The van der Waals surface area contributed by atoms with Crippen molar-refractivity contribution < 1.29 is 0 Å². The lowest BCUT2D eigenvalue weighted by molar-refractivity contribution is 0.249. The molecule has 0 fully saturated rings. The first-order chi connectivity index (χ1) is 5.15. The summed E-state index contributed by atoms with van der Waals surface area (Å²) in [6, 6.07) is 0. The molecule has 0 radical (unpaired) electrons. The van der Waals surface area contributed by atoms with E-state index in [0.717, 1.165) is 3.72 Å². The molecule has 0 aromatic heterocycles. The number of hydrogen-bond donors (Lipinski definition) is 2. The Hall–Kier alpha value is 0.150. The lowest BCUT2D eigenvalue weighted by atomic mass is 10.5. The number of halogens is 2. The molecular weight excluding hydrogens is 278 g/mol. The van der Waals surface area contributed by atoms with E-state index in [1.54, 1.807) is 13.1 Å². The van der Waals surface area contributed by atoms with Gasteiger partial charge in [-0.05, 0) is 29.6 Å². The Morgan fingerprint density at radius 3 is 3.09 bits per heavy atom. The average molecular weight is 287 g/mol. The van der Waals surface area contributed by atoms with Gasteiger partial charge in [0.25, 0.3) is 0 Å². The van der Waals surface area contributed by atoms with Crippen LogP contribution in [0.4, 0.5) is 0 Å². The van der Waals surface area contributed by atoms with E-state index in [1.165, 1.54) is 5.01 Å². The van der Waals surface area contributed by atoms with Crippen LogP contribution in [-0.4, -0.2) is 22.1 Å². The van der Waals surface area contributed by atoms with Crippen molar-refractivity contribution in [3.05, 3.63) is 11.2 Å². The van der Waals surface area contributed by atoms with Crippen LogP contribution < -0.4 is 11.2 Å². The van der Waals surface area contributed by atoms with Gasteiger partial charge in [0.1, 0.15) is 8.87 Å². The first-order valence-electron chi connectivity index (χ1n) is 2.97. The van der Waals surface area contributed by atoms with Gasteiger partial charge >= 0.3 is 0 Å². The Bertz CT molecular complexity index is 215. The van der Waals surface area contributed by atoms with Crippen LogP contribution in [0.15, 0.2) is 16.2 Å². The molecule has 1 aliphatic heterocycles. The van der Waals surface area contributed by atoms with E-state index in [4.69, 9.17) is 17.4 Å². The quantitative estimate of drug-likeness (QED) is 0.421. The molecule has 1 aliphatic rings. The summed E-state index contributed by atoms with van der Waals surface area (Å²) in [6.45, 7) is 0. The molecule has 0 amide bonds. The molecule has 1 heterocycles. The maximum atomic E-state index is 5.77. The van der Waals surface area contributed by atoms with Gasteiger partial charge in [0.15, 0.2) is 6.29 Å². The van der Waals surface area contributed by atoms with E-state index in [2.05, 4.69) is 32.9 Å². The van der Waals surface area contributed by atoms with Gasteiger partial charge in [0.05, 0.1) is 0 Å². The molecule has 1 unspecified atom stereocenters. The third-order valence-electron chi connectivity index (χ3n) is 1.25. The molecule has 0 spiro atoms. The van der Waals surface area contributed by atoms with Gasteiger partial charge in [-0.1, -0.05) is 11.6 Å². The highest BCUT2D eigenvalue weighted by Gasteiger charge is 2.17. The molecule has 0 bridgehead atoms. The monoisotopic (exact) mass is 286 g/mol. The fourth-order valence-corrected chi connectivity index (χ4v) is 1.65. The summed E-state index contributed by atoms with van der Waals surface area (Å²) in [5.41, 5.74) is 0. The Kier molecular flexibility index (Phi) is 3.11. The number of allylic oxidation sites excluding steroid dienone is 1. The zero-order valence-corrected chi connectivity index (χ0v) is 8.80. The number of aliphatic imine (C=N–C) groups is 1. The predicted octanol–water partition coefficient (Wildman–Crippen LogP) is 0.592. The molecule has 0 saturated heterocycles. The summed E-state index contributed by atoms with van der Waals surface area (Å²) in [7, 11) is 1.77. The number of hydrazine groups is 1. The van der Waals surface area contributed by atoms with Crippen molar-refractivity contribution in [2.45, 2.75) is 6.29 Å². The molecule has 0 aromatic rings. The number of rotatable bonds is 1. The molecule has 11 heavy (non-hydrogen) atoms. The van der Waals surface area contributed by atoms with Crippen molar-refractivity contribution in [3.63, 3.8) is 0 Å². The normalized spacial score (nSPS) is 24.7. The van der Waals surface area contributed by atoms with Gasteiger partial charge in [-0.2, -0.15) is 0 Å². The van der Waals surface area contributed by atoms with Gasteiger partial charge in [0.2, 0.25) is 0 Å². The molecule has 0 aromatic carbocycles. The van der Waals surface area contributed by atoms with E-state index in [-0.39, 0.29) is 6.29 Å². The minimum absolute atomic E-state index is 0.251. The molecule has 3 N–H and O–H groups in total. The maximum absolute atomic E-state index is 5.77. The Morgan fingerprint density at radius 2 is 2.55 bits per heavy atom. The molecule has 6 heteroatoms. The van der Waals surface area contributed by atoms with Crippen LogP contribution in [-0.2, 0) is 0 Å². The summed E-state index contributed by atoms with van der Waals surface area (Å²) in [6.07, 6.45) is 1.45. The first-order valence-corrected chi connectivity index (χ1v) is 4.42. The average Bonchev–Trinajstić information content (AvgIpc) is 1.96. The Labute approximate surface area is 83.6 Å². The van der Waals surface area contributed by atoms with E-state index < -0.39 is 0 Å². The van der Waals surface area contributed by atoms with Crippen molar-refractivity contribution >= 4 is 37.9 Å². The highest BCUT2D eigenvalue weighted by molar-refractivity contribution is 14.1. The second-order valence-electron chi connectivity index (χ2n) is 1.99. The largest absolute Gasteiger partial charge is 0.280 e. The van der Waals surface area contributed by atoms with Gasteiger partial charge in [-0.15, -0.1) is 0 Å². The van der Waals surface area contributed by atoms with E-state index in [1.807, 2.05) is 0 Å². The smallest absolute Gasteiger partial charge is 0.191 e. The van der Waals surface area contributed by atoms with Gasteiger partial charge < -0.3 is 0 Å². The maximum Gasteiger partial charge on any atom is 0.191 e. The zero-order chi connectivity index (χ0) is 8.43. The number of nitrogens with two attached hydrogens (primary N) is 1. The highest BCUT2D eigenvalue weighted by Crippen LogP contribution is 2.16. The Morgan fingerprint density at radius 1 is 1.91 bits per heavy atom. The van der Waals surface area contributed by atoms with Gasteiger partial charge in [-0.25, -0.2) is 10.8 Å². The van der Waals surface area contributed by atoms with Crippen LogP contribution in [0.5, 0.6) is 0 Å². The molecule has 0 aliphatic carbocycles. The number of hydrogen-bond acceptors (Lipinski definition) is 4. The summed E-state index contributed by atoms with van der Waals surface area (Å²) in [5.74, 6) is 5.56. The van der Waals surface area contributed by atoms with Crippen LogP contribution in [0.1, 0.15) is 0 Å². The van der Waals surface area contributed by atoms with Crippen molar-refractivity contribution in [1.82, 2.24) is 10.3 Å². The second kappa shape index (κ2) is 3.70.